The maximum absolute atomic E-state index is 12.5. The highest BCUT2D eigenvalue weighted by atomic mass is 16.3. The maximum Gasteiger partial charge on any atom is 0.253 e. The molecule has 1 aromatic carbocycles. The standard InChI is InChI=1S/C17H22N2O2/c1-4-9-18-15-8-7-12(2)11-14(15)17(20)19-13(3)16-6-5-10-21-16/h5-8,10-11,13,18H,4,9H2,1-3H3,(H,19,20). The first-order valence-electron chi connectivity index (χ1n) is 7.30. The highest BCUT2D eigenvalue weighted by Gasteiger charge is 2.16. The number of carbonyl (C=O) groups is 1. The van der Waals surface area contributed by atoms with Gasteiger partial charge in [-0.25, -0.2) is 0 Å². The predicted octanol–water partition coefficient (Wildman–Crippen LogP) is 3.90. The van der Waals surface area contributed by atoms with E-state index >= 15 is 0 Å². The molecular weight excluding hydrogens is 264 g/mol. The number of aryl methyl sites for hydroxylation is 1. The largest absolute Gasteiger partial charge is 0.467 e. The monoisotopic (exact) mass is 286 g/mol. The van der Waals surface area contributed by atoms with Crippen LogP contribution < -0.4 is 10.6 Å². The van der Waals surface area contributed by atoms with Gasteiger partial charge in [-0.2, -0.15) is 0 Å². The molecule has 2 N–H and O–H groups in total. The van der Waals surface area contributed by atoms with E-state index in [0.29, 0.717) is 5.56 Å². The maximum atomic E-state index is 12.5. The zero-order valence-corrected chi connectivity index (χ0v) is 12.8. The lowest BCUT2D eigenvalue weighted by molar-refractivity contribution is 0.0936. The Balaban J connectivity index is 2.15. The summed E-state index contributed by atoms with van der Waals surface area (Å²) < 4.78 is 5.32. The van der Waals surface area contributed by atoms with E-state index in [1.807, 2.05) is 44.2 Å². The zero-order chi connectivity index (χ0) is 15.2. The Kier molecular flexibility index (Phi) is 5.04. The van der Waals surface area contributed by atoms with E-state index in [2.05, 4.69) is 17.6 Å². The van der Waals surface area contributed by atoms with Crippen molar-refractivity contribution < 1.29 is 9.21 Å². The molecule has 0 fully saturated rings. The van der Waals surface area contributed by atoms with Gasteiger partial charge in [0, 0.05) is 12.2 Å². The first-order valence-corrected chi connectivity index (χ1v) is 7.30. The number of carbonyl (C=O) groups excluding carboxylic acids is 1. The third-order valence-electron chi connectivity index (χ3n) is 3.30. The van der Waals surface area contributed by atoms with E-state index in [-0.39, 0.29) is 11.9 Å². The van der Waals surface area contributed by atoms with Gasteiger partial charge < -0.3 is 15.1 Å². The van der Waals surface area contributed by atoms with Crippen LogP contribution in [0.4, 0.5) is 5.69 Å². The molecule has 0 saturated heterocycles. The van der Waals surface area contributed by atoms with Crippen LogP contribution in [0.2, 0.25) is 0 Å². The highest BCUT2D eigenvalue weighted by molar-refractivity contribution is 6.00. The fraction of sp³-hybridized carbons (Fsp3) is 0.353. The molecule has 0 spiro atoms. The second-order valence-corrected chi connectivity index (χ2v) is 5.19. The number of furan rings is 1. The number of hydrogen-bond acceptors (Lipinski definition) is 3. The van der Waals surface area contributed by atoms with Crippen LogP contribution in [0.25, 0.3) is 0 Å². The van der Waals surface area contributed by atoms with Gasteiger partial charge in [-0.15, -0.1) is 0 Å². The number of rotatable bonds is 6. The summed E-state index contributed by atoms with van der Waals surface area (Å²) in [5.74, 6) is 0.653. The number of amides is 1. The molecule has 1 amide bonds. The Bertz CT molecular complexity index is 591. The van der Waals surface area contributed by atoms with Gasteiger partial charge in [0.15, 0.2) is 0 Å². The number of benzene rings is 1. The molecule has 4 heteroatoms. The molecule has 4 nitrogen and oxygen atoms in total. The first-order chi connectivity index (χ1) is 10.1. The Morgan fingerprint density at radius 1 is 1.33 bits per heavy atom. The van der Waals surface area contributed by atoms with E-state index in [9.17, 15) is 4.79 Å². The number of hydrogen-bond donors (Lipinski definition) is 2. The van der Waals surface area contributed by atoms with Crippen molar-refractivity contribution in [3.8, 4) is 0 Å². The molecular formula is C17H22N2O2. The fourth-order valence-electron chi connectivity index (χ4n) is 2.14. The normalized spacial score (nSPS) is 12.0. The SMILES string of the molecule is CCCNc1ccc(C)cc1C(=O)NC(C)c1ccco1. The van der Waals surface area contributed by atoms with E-state index < -0.39 is 0 Å². The smallest absolute Gasteiger partial charge is 0.253 e. The minimum Gasteiger partial charge on any atom is -0.467 e. The molecule has 2 aromatic rings. The van der Waals surface area contributed by atoms with Crippen molar-refractivity contribution in [2.45, 2.75) is 33.2 Å². The van der Waals surface area contributed by atoms with Gasteiger partial charge in [0.25, 0.3) is 5.91 Å². The summed E-state index contributed by atoms with van der Waals surface area (Å²) in [4.78, 5) is 12.5. The summed E-state index contributed by atoms with van der Waals surface area (Å²) in [6.07, 6.45) is 2.62. The van der Waals surface area contributed by atoms with Crippen molar-refractivity contribution >= 4 is 11.6 Å². The zero-order valence-electron chi connectivity index (χ0n) is 12.8. The topological polar surface area (TPSA) is 54.3 Å². The molecule has 2 rings (SSSR count). The van der Waals surface area contributed by atoms with Gasteiger partial charge >= 0.3 is 0 Å². The van der Waals surface area contributed by atoms with Crippen LogP contribution in [0.15, 0.2) is 41.0 Å². The van der Waals surface area contributed by atoms with Crippen molar-refractivity contribution in [2.24, 2.45) is 0 Å². The van der Waals surface area contributed by atoms with Crippen molar-refractivity contribution in [2.75, 3.05) is 11.9 Å². The Labute approximate surface area is 125 Å². The molecule has 1 atom stereocenters. The molecule has 1 unspecified atom stereocenters. The van der Waals surface area contributed by atoms with Gasteiger partial charge in [0.2, 0.25) is 0 Å². The van der Waals surface area contributed by atoms with Crippen molar-refractivity contribution in [3.05, 3.63) is 53.5 Å². The second kappa shape index (κ2) is 6.97. The van der Waals surface area contributed by atoms with Gasteiger partial charge in [0.1, 0.15) is 5.76 Å². The second-order valence-electron chi connectivity index (χ2n) is 5.19. The molecule has 21 heavy (non-hydrogen) atoms. The van der Waals surface area contributed by atoms with Gasteiger partial charge in [-0.05, 0) is 44.5 Å². The molecule has 0 radical (unpaired) electrons. The van der Waals surface area contributed by atoms with Gasteiger partial charge in [0.05, 0.1) is 17.9 Å². The van der Waals surface area contributed by atoms with Crippen LogP contribution >= 0.6 is 0 Å². The minimum atomic E-state index is -0.160. The quantitative estimate of drug-likeness (QED) is 0.846. The molecule has 1 aromatic heterocycles. The summed E-state index contributed by atoms with van der Waals surface area (Å²) in [6.45, 7) is 6.83. The average molecular weight is 286 g/mol. The van der Waals surface area contributed by atoms with Crippen LogP contribution in [0.1, 0.15) is 48.0 Å². The summed E-state index contributed by atoms with van der Waals surface area (Å²) in [6, 6.07) is 9.38. The van der Waals surface area contributed by atoms with Gasteiger partial charge in [-0.3, -0.25) is 4.79 Å². The van der Waals surface area contributed by atoms with Crippen LogP contribution in [0.5, 0.6) is 0 Å². The molecule has 112 valence electrons. The highest BCUT2D eigenvalue weighted by Crippen LogP contribution is 2.19. The third-order valence-corrected chi connectivity index (χ3v) is 3.30. The van der Waals surface area contributed by atoms with Gasteiger partial charge in [-0.1, -0.05) is 18.6 Å². The van der Waals surface area contributed by atoms with E-state index in [0.717, 1.165) is 30.0 Å². The molecule has 0 bridgehead atoms. The van der Waals surface area contributed by atoms with E-state index in [1.165, 1.54) is 0 Å². The van der Waals surface area contributed by atoms with E-state index in [4.69, 9.17) is 4.42 Å². The van der Waals surface area contributed by atoms with Crippen LogP contribution in [0, 0.1) is 6.92 Å². The van der Waals surface area contributed by atoms with Crippen molar-refractivity contribution in [1.82, 2.24) is 5.32 Å². The fourth-order valence-corrected chi connectivity index (χ4v) is 2.14. The number of nitrogens with one attached hydrogen (secondary N) is 2. The summed E-state index contributed by atoms with van der Waals surface area (Å²) in [7, 11) is 0. The molecule has 0 aliphatic carbocycles. The lowest BCUT2D eigenvalue weighted by Gasteiger charge is -2.15. The van der Waals surface area contributed by atoms with Crippen LogP contribution in [-0.2, 0) is 0 Å². The predicted molar refractivity (Wildman–Crippen MR) is 84.5 cm³/mol. The first kappa shape index (κ1) is 15.2. The minimum absolute atomic E-state index is 0.0961. The number of anilines is 1. The molecule has 0 saturated carbocycles. The summed E-state index contributed by atoms with van der Waals surface area (Å²) in [5.41, 5.74) is 2.60. The summed E-state index contributed by atoms with van der Waals surface area (Å²) in [5, 5.41) is 6.26. The van der Waals surface area contributed by atoms with E-state index in [1.54, 1.807) is 6.26 Å². The van der Waals surface area contributed by atoms with Crippen LogP contribution in [0.3, 0.4) is 0 Å². The Hall–Kier alpha value is -2.23. The lowest BCUT2D eigenvalue weighted by Crippen LogP contribution is -2.27. The summed E-state index contributed by atoms with van der Waals surface area (Å²) >= 11 is 0. The Morgan fingerprint density at radius 2 is 2.14 bits per heavy atom. The molecule has 1 heterocycles. The third kappa shape index (κ3) is 3.88. The van der Waals surface area contributed by atoms with Crippen molar-refractivity contribution in [3.63, 3.8) is 0 Å². The lowest BCUT2D eigenvalue weighted by atomic mass is 10.1. The van der Waals surface area contributed by atoms with Crippen molar-refractivity contribution in [1.29, 1.82) is 0 Å². The van der Waals surface area contributed by atoms with Crippen LogP contribution in [-0.4, -0.2) is 12.5 Å². The molecule has 0 aliphatic heterocycles. The average Bonchev–Trinajstić information content (AvgIpc) is 3.00. The Morgan fingerprint density at radius 3 is 2.81 bits per heavy atom. The molecule has 0 aliphatic rings.